The lowest BCUT2D eigenvalue weighted by Crippen LogP contribution is -2.25. The van der Waals surface area contributed by atoms with E-state index < -0.39 is 0 Å². The molecule has 1 aromatic carbocycles. The van der Waals surface area contributed by atoms with Gasteiger partial charge in [0.15, 0.2) is 0 Å². The summed E-state index contributed by atoms with van der Waals surface area (Å²) >= 11 is 0. The number of hydrogen-bond donors (Lipinski definition) is 2. The largest absolute Gasteiger partial charge is 0.493 e. The Balaban J connectivity index is 2.53. The van der Waals surface area contributed by atoms with Crippen LogP contribution in [0.1, 0.15) is 12.5 Å². The number of benzene rings is 1. The van der Waals surface area contributed by atoms with Crippen LogP contribution in [0.4, 0.5) is 0 Å². The zero-order chi connectivity index (χ0) is 11.3. The van der Waals surface area contributed by atoms with E-state index in [1.807, 2.05) is 0 Å². The van der Waals surface area contributed by atoms with Crippen molar-refractivity contribution in [2.24, 2.45) is 11.7 Å². The molecule has 0 saturated carbocycles. The molecule has 1 aromatic rings. The topological polar surface area (TPSA) is 72.6 Å². The molecular formula is C11H15NO3. The summed E-state index contributed by atoms with van der Waals surface area (Å²) in [5.41, 5.74) is 5.87. The summed E-state index contributed by atoms with van der Waals surface area (Å²) in [6.07, 6.45) is 0. The summed E-state index contributed by atoms with van der Waals surface area (Å²) in [6.45, 7) is 1.94. The van der Waals surface area contributed by atoms with E-state index in [2.05, 4.69) is 0 Å². The van der Waals surface area contributed by atoms with Gasteiger partial charge in [0.1, 0.15) is 5.75 Å². The lowest BCUT2D eigenvalue weighted by Gasteiger charge is -2.10. The number of rotatable bonds is 5. The Hall–Kier alpha value is -1.55. The predicted octanol–water partition coefficient (Wildman–Crippen LogP) is 0.679. The maximum atomic E-state index is 10.7. The zero-order valence-electron chi connectivity index (χ0n) is 8.64. The molecule has 0 fully saturated rings. The summed E-state index contributed by atoms with van der Waals surface area (Å²) in [4.78, 5) is 10.7. The molecule has 3 N–H and O–H groups in total. The predicted molar refractivity (Wildman–Crippen MR) is 56.2 cm³/mol. The number of amides is 1. The summed E-state index contributed by atoms with van der Waals surface area (Å²) in [6, 6.07) is 7.08. The summed E-state index contributed by atoms with van der Waals surface area (Å²) in [5, 5.41) is 8.90. The van der Waals surface area contributed by atoms with Crippen LogP contribution < -0.4 is 10.5 Å². The average Bonchev–Trinajstić information content (AvgIpc) is 2.26. The third-order valence-electron chi connectivity index (χ3n) is 2.07. The maximum absolute atomic E-state index is 10.7. The Morgan fingerprint density at radius 2 is 2.33 bits per heavy atom. The standard InChI is InChI=1S/C11H15NO3/c1-8(11(12)14)7-15-10-4-2-3-9(5-10)6-13/h2-5,8,13H,6-7H2,1H3,(H2,12,14). The monoisotopic (exact) mass is 209 g/mol. The van der Waals surface area contributed by atoms with Crippen molar-refractivity contribution in [1.82, 2.24) is 0 Å². The minimum absolute atomic E-state index is 0.0252. The van der Waals surface area contributed by atoms with Crippen LogP contribution in [0.3, 0.4) is 0 Å². The van der Waals surface area contributed by atoms with Gasteiger partial charge >= 0.3 is 0 Å². The lowest BCUT2D eigenvalue weighted by molar-refractivity contribution is -0.122. The summed E-state index contributed by atoms with van der Waals surface area (Å²) in [7, 11) is 0. The molecule has 82 valence electrons. The maximum Gasteiger partial charge on any atom is 0.223 e. The van der Waals surface area contributed by atoms with E-state index in [0.717, 1.165) is 5.56 Å². The minimum Gasteiger partial charge on any atom is -0.493 e. The smallest absolute Gasteiger partial charge is 0.223 e. The van der Waals surface area contributed by atoms with Crippen molar-refractivity contribution in [2.75, 3.05) is 6.61 Å². The number of primary amides is 1. The van der Waals surface area contributed by atoms with Crippen LogP contribution in [-0.4, -0.2) is 17.6 Å². The first-order chi connectivity index (χ1) is 7.13. The first-order valence-corrected chi connectivity index (χ1v) is 4.75. The molecule has 0 aliphatic rings. The van der Waals surface area contributed by atoms with E-state index in [0.29, 0.717) is 5.75 Å². The Morgan fingerprint density at radius 1 is 1.60 bits per heavy atom. The van der Waals surface area contributed by atoms with Gasteiger partial charge in [-0.3, -0.25) is 4.79 Å². The third kappa shape index (κ3) is 3.59. The number of hydrogen-bond acceptors (Lipinski definition) is 3. The van der Waals surface area contributed by atoms with Crippen LogP contribution in [0.25, 0.3) is 0 Å². The number of aliphatic hydroxyl groups is 1. The van der Waals surface area contributed by atoms with Crippen LogP contribution >= 0.6 is 0 Å². The highest BCUT2D eigenvalue weighted by Crippen LogP contribution is 2.14. The lowest BCUT2D eigenvalue weighted by atomic mass is 10.2. The Bertz CT molecular complexity index is 338. The number of ether oxygens (including phenoxy) is 1. The Labute approximate surface area is 88.7 Å². The molecule has 1 atom stereocenters. The fourth-order valence-electron chi connectivity index (χ4n) is 1.04. The van der Waals surface area contributed by atoms with Crippen molar-refractivity contribution in [3.05, 3.63) is 29.8 Å². The van der Waals surface area contributed by atoms with Crippen LogP contribution in [0.2, 0.25) is 0 Å². The van der Waals surface area contributed by atoms with Crippen LogP contribution in [-0.2, 0) is 11.4 Å². The van der Waals surface area contributed by atoms with Gasteiger partial charge in [0, 0.05) is 0 Å². The Kier molecular flexibility index (Phi) is 4.12. The quantitative estimate of drug-likeness (QED) is 0.749. The van der Waals surface area contributed by atoms with E-state index in [1.165, 1.54) is 0 Å². The molecule has 0 aliphatic carbocycles. The summed E-state index contributed by atoms with van der Waals surface area (Å²) in [5.74, 6) is -0.0641. The van der Waals surface area contributed by atoms with Crippen molar-refractivity contribution in [3.63, 3.8) is 0 Å². The van der Waals surface area contributed by atoms with Crippen LogP contribution in [0.15, 0.2) is 24.3 Å². The number of aliphatic hydroxyl groups excluding tert-OH is 1. The Morgan fingerprint density at radius 3 is 2.93 bits per heavy atom. The molecule has 1 rings (SSSR count). The molecule has 4 nitrogen and oxygen atoms in total. The van der Waals surface area contributed by atoms with Crippen LogP contribution in [0.5, 0.6) is 5.75 Å². The molecule has 4 heteroatoms. The SMILES string of the molecule is CC(COc1cccc(CO)c1)C(N)=O. The highest BCUT2D eigenvalue weighted by atomic mass is 16.5. The average molecular weight is 209 g/mol. The number of carbonyl (C=O) groups is 1. The molecular weight excluding hydrogens is 194 g/mol. The first kappa shape index (κ1) is 11.5. The van der Waals surface area contributed by atoms with Gasteiger partial charge in [-0.2, -0.15) is 0 Å². The van der Waals surface area contributed by atoms with E-state index in [4.69, 9.17) is 15.6 Å². The molecule has 0 aromatic heterocycles. The van der Waals surface area contributed by atoms with Crippen LogP contribution in [0, 0.1) is 5.92 Å². The fourth-order valence-corrected chi connectivity index (χ4v) is 1.04. The van der Waals surface area contributed by atoms with Crippen molar-refractivity contribution >= 4 is 5.91 Å². The van der Waals surface area contributed by atoms with Gasteiger partial charge in [0.2, 0.25) is 5.91 Å². The van der Waals surface area contributed by atoms with Gasteiger partial charge < -0.3 is 15.6 Å². The van der Waals surface area contributed by atoms with E-state index >= 15 is 0 Å². The number of carbonyl (C=O) groups excluding carboxylic acids is 1. The molecule has 1 unspecified atom stereocenters. The van der Waals surface area contributed by atoms with Gasteiger partial charge in [-0.15, -0.1) is 0 Å². The molecule has 15 heavy (non-hydrogen) atoms. The molecule has 0 bridgehead atoms. The van der Waals surface area contributed by atoms with Gasteiger partial charge in [-0.05, 0) is 17.7 Å². The normalized spacial score (nSPS) is 12.1. The van der Waals surface area contributed by atoms with E-state index in [1.54, 1.807) is 31.2 Å². The molecule has 0 aliphatic heterocycles. The first-order valence-electron chi connectivity index (χ1n) is 4.75. The fraction of sp³-hybridized carbons (Fsp3) is 0.364. The third-order valence-corrected chi connectivity index (χ3v) is 2.07. The molecule has 0 saturated heterocycles. The van der Waals surface area contributed by atoms with Crippen molar-refractivity contribution < 1.29 is 14.6 Å². The zero-order valence-corrected chi connectivity index (χ0v) is 8.64. The van der Waals surface area contributed by atoms with Gasteiger partial charge in [0.25, 0.3) is 0 Å². The van der Waals surface area contributed by atoms with E-state index in [9.17, 15) is 4.79 Å². The highest BCUT2D eigenvalue weighted by Gasteiger charge is 2.09. The second-order valence-electron chi connectivity index (χ2n) is 3.42. The van der Waals surface area contributed by atoms with Crippen molar-refractivity contribution in [2.45, 2.75) is 13.5 Å². The minimum atomic E-state index is -0.381. The van der Waals surface area contributed by atoms with Gasteiger partial charge in [0.05, 0.1) is 19.1 Å². The van der Waals surface area contributed by atoms with Crippen molar-refractivity contribution in [1.29, 1.82) is 0 Å². The summed E-state index contributed by atoms with van der Waals surface area (Å²) < 4.78 is 5.36. The van der Waals surface area contributed by atoms with Crippen molar-refractivity contribution in [3.8, 4) is 5.75 Å². The molecule has 1 amide bonds. The molecule has 0 spiro atoms. The second kappa shape index (κ2) is 5.36. The molecule has 0 radical (unpaired) electrons. The van der Waals surface area contributed by atoms with Gasteiger partial charge in [-0.25, -0.2) is 0 Å². The second-order valence-corrected chi connectivity index (χ2v) is 3.42. The van der Waals surface area contributed by atoms with Gasteiger partial charge in [-0.1, -0.05) is 19.1 Å². The highest BCUT2D eigenvalue weighted by molar-refractivity contribution is 5.76. The molecule has 0 heterocycles. The number of nitrogens with two attached hydrogens (primary N) is 1. The van der Waals surface area contributed by atoms with E-state index in [-0.39, 0.29) is 25.0 Å².